The van der Waals surface area contributed by atoms with Crippen molar-refractivity contribution in [2.24, 2.45) is 0 Å². The molecule has 0 aliphatic carbocycles. The summed E-state index contributed by atoms with van der Waals surface area (Å²) in [4.78, 5) is 24.8. The summed E-state index contributed by atoms with van der Waals surface area (Å²) < 4.78 is 5.34. The van der Waals surface area contributed by atoms with Gasteiger partial charge in [-0.1, -0.05) is 0 Å². The average molecular weight is 239 g/mol. The number of nitrogens with one attached hydrogen (secondary N) is 1. The molecule has 0 bridgehead atoms. The van der Waals surface area contributed by atoms with Gasteiger partial charge < -0.3 is 4.74 Å². The number of ether oxygens (including phenoxy) is 1. The zero-order valence-electron chi connectivity index (χ0n) is 9.25. The number of carbonyl (C=O) groups is 2. The highest BCUT2D eigenvalue weighted by atomic mass is 32.1. The van der Waals surface area contributed by atoms with Crippen LogP contribution in [0.3, 0.4) is 0 Å². The first-order chi connectivity index (χ1) is 7.59. The molecular formula is C11H13NO3S. The summed E-state index contributed by atoms with van der Waals surface area (Å²) >= 11 is 1.58. The van der Waals surface area contributed by atoms with E-state index >= 15 is 0 Å². The van der Waals surface area contributed by atoms with Crippen molar-refractivity contribution in [3.8, 4) is 0 Å². The fraction of sp³-hybridized carbons (Fsp3) is 0.455. The van der Waals surface area contributed by atoms with Crippen LogP contribution in [0.25, 0.3) is 0 Å². The Kier molecular flexibility index (Phi) is 3.07. The van der Waals surface area contributed by atoms with E-state index in [2.05, 4.69) is 5.32 Å². The van der Waals surface area contributed by atoms with Gasteiger partial charge in [-0.2, -0.15) is 0 Å². The molecule has 16 heavy (non-hydrogen) atoms. The number of imide groups is 1. The number of hydrogen-bond donors (Lipinski definition) is 1. The highest BCUT2D eigenvalue weighted by Crippen LogP contribution is 2.31. The van der Waals surface area contributed by atoms with E-state index in [9.17, 15) is 9.59 Å². The van der Waals surface area contributed by atoms with E-state index < -0.39 is 0 Å². The summed E-state index contributed by atoms with van der Waals surface area (Å²) in [5.74, 6) is -0.610. The number of hydrogen-bond acceptors (Lipinski definition) is 4. The van der Waals surface area contributed by atoms with Crippen LogP contribution in [0.15, 0.2) is 0 Å². The van der Waals surface area contributed by atoms with E-state index in [1.165, 1.54) is 6.92 Å². The van der Waals surface area contributed by atoms with Crippen LogP contribution < -0.4 is 5.32 Å². The molecule has 0 aromatic carbocycles. The number of fused-ring (bicyclic) bond motifs is 1. The van der Waals surface area contributed by atoms with Crippen LogP contribution in [0.2, 0.25) is 0 Å². The summed E-state index contributed by atoms with van der Waals surface area (Å²) in [6.45, 7) is 4.46. The molecule has 0 saturated heterocycles. The standard InChI is InChI=1S/C11H13NO3S/c1-6-10(11(14)12-7(2)13)8-3-4-15-5-9(8)16-6/h3-5H2,1-2H3,(H,12,13,14). The molecule has 5 heteroatoms. The van der Waals surface area contributed by atoms with E-state index in [1.54, 1.807) is 11.3 Å². The van der Waals surface area contributed by atoms with Crippen LogP contribution in [0.5, 0.6) is 0 Å². The van der Waals surface area contributed by atoms with Crippen LogP contribution >= 0.6 is 11.3 Å². The summed E-state index contributed by atoms with van der Waals surface area (Å²) in [5, 5.41) is 2.32. The molecule has 1 aromatic rings. The molecule has 2 rings (SSSR count). The average Bonchev–Trinajstić information content (AvgIpc) is 2.52. The molecule has 2 amide bonds. The van der Waals surface area contributed by atoms with Gasteiger partial charge >= 0.3 is 0 Å². The molecular weight excluding hydrogens is 226 g/mol. The lowest BCUT2D eigenvalue weighted by Gasteiger charge is -2.13. The number of amides is 2. The van der Waals surface area contributed by atoms with Crippen molar-refractivity contribution in [2.75, 3.05) is 6.61 Å². The third-order valence-electron chi connectivity index (χ3n) is 2.51. The fourth-order valence-corrected chi connectivity index (χ4v) is 3.05. The van der Waals surface area contributed by atoms with Gasteiger partial charge in [-0.05, 0) is 18.9 Å². The predicted octanol–water partition coefficient (Wildman–Crippen LogP) is 1.41. The summed E-state index contributed by atoms with van der Waals surface area (Å²) in [6.07, 6.45) is 0.750. The van der Waals surface area contributed by atoms with E-state index in [0.29, 0.717) is 18.8 Å². The molecule has 2 heterocycles. The Hall–Kier alpha value is -1.20. The predicted molar refractivity (Wildman–Crippen MR) is 60.6 cm³/mol. The lowest BCUT2D eigenvalue weighted by Crippen LogP contribution is -2.29. The lowest BCUT2D eigenvalue weighted by atomic mass is 10.0. The van der Waals surface area contributed by atoms with Crippen molar-refractivity contribution in [1.82, 2.24) is 5.32 Å². The molecule has 0 atom stereocenters. The largest absolute Gasteiger partial charge is 0.376 e. The quantitative estimate of drug-likeness (QED) is 0.806. The Morgan fingerprint density at radius 3 is 2.88 bits per heavy atom. The second-order valence-electron chi connectivity index (χ2n) is 3.75. The molecule has 4 nitrogen and oxygen atoms in total. The van der Waals surface area contributed by atoms with Gasteiger partial charge in [0.1, 0.15) is 0 Å². The highest BCUT2D eigenvalue weighted by molar-refractivity contribution is 7.12. The van der Waals surface area contributed by atoms with Crippen molar-refractivity contribution in [1.29, 1.82) is 0 Å². The first-order valence-electron chi connectivity index (χ1n) is 5.10. The van der Waals surface area contributed by atoms with Crippen molar-refractivity contribution < 1.29 is 14.3 Å². The molecule has 0 spiro atoms. The zero-order chi connectivity index (χ0) is 11.7. The fourth-order valence-electron chi connectivity index (χ4n) is 1.89. The van der Waals surface area contributed by atoms with Gasteiger partial charge in [0.2, 0.25) is 5.91 Å². The smallest absolute Gasteiger partial charge is 0.259 e. The zero-order valence-corrected chi connectivity index (χ0v) is 10.1. The van der Waals surface area contributed by atoms with E-state index in [0.717, 1.165) is 21.7 Å². The minimum Gasteiger partial charge on any atom is -0.376 e. The highest BCUT2D eigenvalue weighted by Gasteiger charge is 2.23. The molecule has 1 aliphatic heterocycles. The third-order valence-corrected chi connectivity index (χ3v) is 3.63. The minimum absolute atomic E-state index is 0.288. The summed E-state index contributed by atoms with van der Waals surface area (Å²) in [7, 11) is 0. The monoisotopic (exact) mass is 239 g/mol. The van der Waals surface area contributed by atoms with Crippen LogP contribution in [0.4, 0.5) is 0 Å². The van der Waals surface area contributed by atoms with Gasteiger partial charge in [0, 0.05) is 16.7 Å². The van der Waals surface area contributed by atoms with Gasteiger partial charge in [-0.15, -0.1) is 11.3 Å². The SMILES string of the molecule is CC(=O)NC(=O)c1c(C)sc2c1CCOC2. The second-order valence-corrected chi connectivity index (χ2v) is 5.06. The first-order valence-corrected chi connectivity index (χ1v) is 5.92. The van der Waals surface area contributed by atoms with E-state index in [1.807, 2.05) is 6.92 Å². The normalized spacial score (nSPS) is 14.4. The molecule has 86 valence electrons. The van der Waals surface area contributed by atoms with Gasteiger partial charge in [-0.25, -0.2) is 0 Å². The van der Waals surface area contributed by atoms with Crippen LogP contribution in [-0.2, 0) is 22.6 Å². The molecule has 0 unspecified atom stereocenters. The first kappa shape index (κ1) is 11.3. The van der Waals surface area contributed by atoms with Crippen molar-refractivity contribution in [3.05, 3.63) is 20.9 Å². The maximum Gasteiger partial charge on any atom is 0.259 e. The van der Waals surface area contributed by atoms with Gasteiger partial charge in [0.25, 0.3) is 5.91 Å². The van der Waals surface area contributed by atoms with E-state index in [4.69, 9.17) is 4.74 Å². The Morgan fingerprint density at radius 1 is 1.44 bits per heavy atom. The van der Waals surface area contributed by atoms with Crippen molar-refractivity contribution >= 4 is 23.2 Å². The van der Waals surface area contributed by atoms with Gasteiger partial charge in [-0.3, -0.25) is 14.9 Å². The minimum atomic E-state index is -0.323. The van der Waals surface area contributed by atoms with Crippen molar-refractivity contribution in [2.45, 2.75) is 26.9 Å². The molecule has 0 saturated carbocycles. The summed E-state index contributed by atoms with van der Waals surface area (Å²) in [6, 6.07) is 0. The molecule has 1 aromatic heterocycles. The molecule has 1 N–H and O–H groups in total. The Labute approximate surface area is 97.6 Å². The second kappa shape index (κ2) is 4.35. The number of thiophene rings is 1. The molecule has 0 radical (unpaired) electrons. The Morgan fingerprint density at radius 2 is 2.19 bits per heavy atom. The third kappa shape index (κ3) is 2.01. The number of rotatable bonds is 1. The molecule has 1 aliphatic rings. The Balaban J connectivity index is 2.36. The van der Waals surface area contributed by atoms with Crippen LogP contribution in [0, 0.1) is 6.92 Å². The topological polar surface area (TPSA) is 55.4 Å². The van der Waals surface area contributed by atoms with Crippen LogP contribution in [0.1, 0.15) is 32.6 Å². The number of aryl methyl sites for hydroxylation is 1. The summed E-state index contributed by atoms with van der Waals surface area (Å²) in [5.41, 5.74) is 1.71. The number of carbonyl (C=O) groups excluding carboxylic acids is 2. The van der Waals surface area contributed by atoms with E-state index in [-0.39, 0.29) is 11.8 Å². The Bertz CT molecular complexity index is 450. The van der Waals surface area contributed by atoms with Crippen LogP contribution in [-0.4, -0.2) is 18.4 Å². The lowest BCUT2D eigenvalue weighted by molar-refractivity contribution is -0.118. The van der Waals surface area contributed by atoms with Crippen molar-refractivity contribution in [3.63, 3.8) is 0 Å². The maximum atomic E-state index is 11.8. The molecule has 0 fully saturated rings. The van der Waals surface area contributed by atoms with Gasteiger partial charge in [0.15, 0.2) is 0 Å². The maximum absolute atomic E-state index is 11.8. The van der Waals surface area contributed by atoms with Gasteiger partial charge in [0.05, 0.1) is 18.8 Å².